The Kier molecular flexibility index (Phi) is 5.81. The van der Waals surface area contributed by atoms with Gasteiger partial charge in [0.2, 0.25) is 5.91 Å². The van der Waals surface area contributed by atoms with Gasteiger partial charge in [-0.25, -0.2) is 4.79 Å². The Bertz CT molecular complexity index is 632. The van der Waals surface area contributed by atoms with Crippen LogP contribution in [0.25, 0.3) is 0 Å². The molecule has 0 aromatic rings. The molecular weight excluding hydrogens is 368 g/mol. The minimum Gasteiger partial charge on any atom is -0.480 e. The van der Waals surface area contributed by atoms with Crippen LogP contribution in [0.4, 0.5) is 0 Å². The Morgan fingerprint density at radius 1 is 1.33 bits per heavy atom. The molecule has 2 aliphatic carbocycles. The molecule has 5 atom stereocenters. The van der Waals surface area contributed by atoms with Gasteiger partial charge in [-0.1, -0.05) is 20.8 Å². The average Bonchev–Trinajstić information content (AvgIpc) is 3.19. The Morgan fingerprint density at radius 2 is 1.93 bits per heavy atom. The molecule has 0 aliphatic heterocycles. The fourth-order valence-electron chi connectivity index (χ4n) is 3.71. The molecule has 0 aromatic heterocycles. The summed E-state index contributed by atoms with van der Waals surface area (Å²) in [6.45, 7) is 10.1. The van der Waals surface area contributed by atoms with Gasteiger partial charge in [0.25, 0.3) is 0 Å². The molecule has 0 unspecified atom stereocenters. The molecule has 4 N–H and O–H groups in total. The molecule has 0 heterocycles. The van der Waals surface area contributed by atoms with Gasteiger partial charge < -0.3 is 25.3 Å². The molecule has 8 nitrogen and oxygen atoms in total. The summed E-state index contributed by atoms with van der Waals surface area (Å²) in [7, 11) is -0.845. The monoisotopic (exact) mass is 400 g/mol. The first-order valence-electron chi connectivity index (χ1n) is 9.30. The number of methoxy groups -OCH3 is 1. The van der Waals surface area contributed by atoms with Gasteiger partial charge in [0.1, 0.15) is 6.04 Å². The number of carboxylic acids is 1. The molecular formula is C18H32N2O6Si. The van der Waals surface area contributed by atoms with E-state index in [1.807, 2.05) is 13.1 Å². The first-order valence-corrected chi connectivity index (χ1v) is 12.2. The van der Waals surface area contributed by atoms with E-state index in [9.17, 15) is 19.5 Å². The highest BCUT2D eigenvalue weighted by atomic mass is 28.4. The maximum Gasteiger partial charge on any atom is 0.328 e. The molecule has 9 heteroatoms. The maximum atomic E-state index is 12.8. The molecule has 2 saturated carbocycles. The number of fused-ring (bicyclic) bond motifs is 1. The molecule has 2 aliphatic rings. The van der Waals surface area contributed by atoms with Crippen molar-refractivity contribution >= 4 is 26.2 Å². The number of nitrogens with one attached hydrogen (secondary N) is 1. The molecule has 154 valence electrons. The van der Waals surface area contributed by atoms with Crippen molar-refractivity contribution in [1.29, 1.82) is 0 Å². The van der Waals surface area contributed by atoms with Gasteiger partial charge in [-0.05, 0) is 36.9 Å². The minimum atomic E-state index is -2.16. The SMILES string of the molecule is COC(=O)[C@H]1[C@@H]2CC[C@@](N)(C(=O)N[C@@H](CO[Si](C)(C)C(C)(C)C)C(=O)O)[C@@H]21. The Labute approximate surface area is 161 Å². The second-order valence-electron chi connectivity index (χ2n) is 9.25. The summed E-state index contributed by atoms with van der Waals surface area (Å²) in [5.74, 6) is -2.68. The van der Waals surface area contributed by atoms with Crippen molar-refractivity contribution in [1.82, 2.24) is 5.32 Å². The second-order valence-corrected chi connectivity index (χ2v) is 14.1. The van der Waals surface area contributed by atoms with E-state index in [1.165, 1.54) is 7.11 Å². The summed E-state index contributed by atoms with van der Waals surface area (Å²) in [4.78, 5) is 36.3. The average molecular weight is 401 g/mol. The zero-order valence-corrected chi connectivity index (χ0v) is 18.0. The van der Waals surface area contributed by atoms with Crippen molar-refractivity contribution < 1.29 is 28.7 Å². The fourth-order valence-corrected chi connectivity index (χ4v) is 4.72. The lowest BCUT2D eigenvalue weighted by Crippen LogP contribution is -2.60. The zero-order valence-electron chi connectivity index (χ0n) is 17.0. The van der Waals surface area contributed by atoms with Gasteiger partial charge in [0.15, 0.2) is 8.32 Å². The summed E-state index contributed by atoms with van der Waals surface area (Å²) >= 11 is 0. The number of carboxylic acid groups (broad SMARTS) is 1. The molecule has 0 aromatic carbocycles. The highest BCUT2D eigenvalue weighted by molar-refractivity contribution is 6.74. The van der Waals surface area contributed by atoms with Gasteiger partial charge in [0, 0.05) is 5.92 Å². The normalized spacial score (nSPS) is 31.0. The topological polar surface area (TPSA) is 128 Å². The lowest BCUT2D eigenvalue weighted by atomic mass is 9.90. The largest absolute Gasteiger partial charge is 0.480 e. The smallest absolute Gasteiger partial charge is 0.328 e. The van der Waals surface area contributed by atoms with Gasteiger partial charge in [-0.3, -0.25) is 9.59 Å². The van der Waals surface area contributed by atoms with Gasteiger partial charge in [-0.15, -0.1) is 0 Å². The van der Waals surface area contributed by atoms with E-state index in [0.29, 0.717) is 12.8 Å². The summed E-state index contributed by atoms with van der Waals surface area (Å²) in [5.41, 5.74) is 5.08. The van der Waals surface area contributed by atoms with Crippen LogP contribution in [0.15, 0.2) is 0 Å². The molecule has 2 rings (SSSR count). The van der Waals surface area contributed by atoms with Crippen LogP contribution in [0, 0.1) is 17.8 Å². The van der Waals surface area contributed by atoms with Crippen molar-refractivity contribution in [3.8, 4) is 0 Å². The fraction of sp³-hybridized carbons (Fsp3) is 0.833. The third-order valence-corrected chi connectivity index (χ3v) is 11.1. The van der Waals surface area contributed by atoms with E-state index in [-0.39, 0.29) is 35.4 Å². The van der Waals surface area contributed by atoms with E-state index in [1.54, 1.807) is 0 Å². The standard InChI is InChI=1S/C18H32N2O6Si/c1-17(2,3)27(5,6)26-9-11(14(21)22)20-16(24)18(19)8-7-10-12(13(10)18)15(23)25-4/h10-13H,7-9,19H2,1-6H3,(H,20,24)(H,21,22)/t10-,11-,12-,13-,18-/m0/s1. The lowest BCUT2D eigenvalue weighted by molar-refractivity contribution is -0.145. The zero-order chi connectivity index (χ0) is 20.8. The van der Waals surface area contributed by atoms with Crippen LogP contribution in [0.1, 0.15) is 33.6 Å². The van der Waals surface area contributed by atoms with Crippen molar-refractivity contribution in [2.75, 3.05) is 13.7 Å². The van der Waals surface area contributed by atoms with Crippen LogP contribution in [-0.4, -0.2) is 56.6 Å². The van der Waals surface area contributed by atoms with E-state index >= 15 is 0 Å². The molecule has 0 spiro atoms. The van der Waals surface area contributed by atoms with Crippen molar-refractivity contribution in [2.24, 2.45) is 23.5 Å². The van der Waals surface area contributed by atoms with Crippen molar-refractivity contribution in [2.45, 2.75) is 63.3 Å². The highest BCUT2D eigenvalue weighted by Crippen LogP contribution is 2.61. The molecule has 1 amide bonds. The van der Waals surface area contributed by atoms with Crippen LogP contribution in [0.2, 0.25) is 18.1 Å². The number of ether oxygens (including phenoxy) is 1. The summed E-state index contributed by atoms with van der Waals surface area (Å²) in [6.07, 6.45) is 1.09. The number of amides is 1. The molecule has 0 saturated heterocycles. The number of hydrogen-bond acceptors (Lipinski definition) is 6. The number of esters is 1. The van der Waals surface area contributed by atoms with Gasteiger partial charge in [0.05, 0.1) is 25.2 Å². The Hall–Kier alpha value is -1.45. The van der Waals surface area contributed by atoms with Gasteiger partial charge in [-0.2, -0.15) is 0 Å². The number of carbonyl (C=O) groups is 3. The predicted octanol–water partition coefficient (Wildman–Crippen LogP) is 1.10. The third kappa shape index (κ3) is 4.04. The second kappa shape index (κ2) is 7.18. The lowest BCUT2D eigenvalue weighted by Gasteiger charge is -2.37. The quantitative estimate of drug-likeness (QED) is 0.431. The predicted molar refractivity (Wildman–Crippen MR) is 101 cm³/mol. The maximum absolute atomic E-state index is 12.8. The van der Waals surface area contributed by atoms with E-state index in [0.717, 1.165) is 0 Å². The number of hydrogen-bond donors (Lipinski definition) is 3. The highest BCUT2D eigenvalue weighted by Gasteiger charge is 2.70. The first-order chi connectivity index (χ1) is 12.3. The first kappa shape index (κ1) is 21.8. The van der Waals surface area contributed by atoms with Crippen LogP contribution in [0.3, 0.4) is 0 Å². The number of aliphatic carboxylic acids is 1. The van der Waals surface area contributed by atoms with Gasteiger partial charge >= 0.3 is 11.9 Å². The molecule has 0 radical (unpaired) electrons. The van der Waals surface area contributed by atoms with Crippen LogP contribution >= 0.6 is 0 Å². The number of nitrogens with two attached hydrogens (primary N) is 1. The summed E-state index contributed by atoms with van der Waals surface area (Å²) in [5, 5.41) is 12.0. The van der Waals surface area contributed by atoms with Crippen LogP contribution < -0.4 is 11.1 Å². The number of rotatable bonds is 7. The van der Waals surface area contributed by atoms with E-state index in [4.69, 9.17) is 14.9 Å². The summed E-state index contributed by atoms with van der Waals surface area (Å²) < 4.78 is 10.7. The Morgan fingerprint density at radius 3 is 2.41 bits per heavy atom. The molecule has 0 bridgehead atoms. The minimum absolute atomic E-state index is 0.0416. The van der Waals surface area contributed by atoms with Crippen LogP contribution in [-0.2, 0) is 23.5 Å². The number of carbonyl (C=O) groups excluding carboxylic acids is 2. The summed E-state index contributed by atoms with van der Waals surface area (Å²) in [6, 6.07) is -1.18. The van der Waals surface area contributed by atoms with Crippen LogP contribution in [0.5, 0.6) is 0 Å². The van der Waals surface area contributed by atoms with E-state index < -0.39 is 31.8 Å². The molecule has 2 fully saturated rings. The third-order valence-electron chi connectivity index (χ3n) is 6.57. The van der Waals surface area contributed by atoms with Crippen molar-refractivity contribution in [3.05, 3.63) is 0 Å². The van der Waals surface area contributed by atoms with Crippen molar-refractivity contribution in [3.63, 3.8) is 0 Å². The molecule has 27 heavy (non-hydrogen) atoms. The van der Waals surface area contributed by atoms with E-state index in [2.05, 4.69) is 26.1 Å². The Balaban J connectivity index is 2.03.